The van der Waals surface area contributed by atoms with Gasteiger partial charge in [-0.3, -0.25) is 9.59 Å². The largest absolute Gasteiger partial charge is 0.494 e. The third kappa shape index (κ3) is 7.31. The van der Waals surface area contributed by atoms with Crippen molar-refractivity contribution in [2.45, 2.75) is 32.6 Å². The van der Waals surface area contributed by atoms with Crippen LogP contribution >= 0.6 is 0 Å². The summed E-state index contributed by atoms with van der Waals surface area (Å²) in [7, 11) is 0. The van der Waals surface area contributed by atoms with E-state index in [0.717, 1.165) is 24.3 Å². The van der Waals surface area contributed by atoms with Crippen LogP contribution in [-0.2, 0) is 20.7 Å². The van der Waals surface area contributed by atoms with E-state index in [-0.39, 0.29) is 24.3 Å². The summed E-state index contributed by atoms with van der Waals surface area (Å²) in [4.78, 5) is 26.1. The summed E-state index contributed by atoms with van der Waals surface area (Å²) in [5, 5.41) is 3.17. The molecule has 0 unspecified atom stereocenters. The molecule has 6 nitrogen and oxygen atoms in total. The second-order valence-corrected chi connectivity index (χ2v) is 7.72. The Morgan fingerprint density at radius 3 is 2.42 bits per heavy atom. The second-order valence-electron chi connectivity index (χ2n) is 7.72. The molecule has 1 aliphatic heterocycles. The number of likely N-dealkylation sites (tertiary alicyclic amines) is 1. The van der Waals surface area contributed by atoms with E-state index < -0.39 is 0 Å². The van der Waals surface area contributed by atoms with Crippen molar-refractivity contribution in [2.24, 2.45) is 5.92 Å². The van der Waals surface area contributed by atoms with Crippen LogP contribution in [0.15, 0.2) is 54.6 Å². The number of benzene rings is 2. The summed E-state index contributed by atoms with van der Waals surface area (Å²) in [6, 6.07) is 18.1. The van der Waals surface area contributed by atoms with Crippen LogP contribution in [0.4, 0.5) is 5.69 Å². The van der Waals surface area contributed by atoms with E-state index in [1.54, 1.807) is 0 Å². The Morgan fingerprint density at radius 1 is 1.03 bits per heavy atom. The van der Waals surface area contributed by atoms with Crippen molar-refractivity contribution in [2.75, 3.05) is 38.2 Å². The lowest BCUT2D eigenvalue weighted by molar-refractivity contribution is -0.151. The summed E-state index contributed by atoms with van der Waals surface area (Å²) in [6.45, 7) is 4.31. The number of esters is 1. The number of nitrogens with zero attached hydrogens (tertiary/aromatic N) is 1. The SMILES string of the molecule is CCOC(=O)C1CCN(C(=O)CNc2ccc(OCCCc3ccccc3)cc2)CC1. The number of carbonyl (C=O) groups excluding carboxylic acids is 2. The van der Waals surface area contributed by atoms with E-state index in [4.69, 9.17) is 9.47 Å². The zero-order valence-electron chi connectivity index (χ0n) is 18.2. The highest BCUT2D eigenvalue weighted by Crippen LogP contribution is 2.19. The Hall–Kier alpha value is -3.02. The molecule has 1 saturated heterocycles. The van der Waals surface area contributed by atoms with E-state index in [1.165, 1.54) is 5.56 Å². The predicted molar refractivity (Wildman–Crippen MR) is 121 cm³/mol. The first kappa shape index (κ1) is 22.7. The molecule has 1 amide bonds. The van der Waals surface area contributed by atoms with E-state index in [2.05, 4.69) is 29.6 Å². The number of rotatable bonds is 10. The number of ether oxygens (including phenoxy) is 2. The van der Waals surface area contributed by atoms with Gasteiger partial charge in [0.05, 0.1) is 25.7 Å². The van der Waals surface area contributed by atoms with Crippen molar-refractivity contribution in [3.05, 3.63) is 60.2 Å². The normalized spacial score (nSPS) is 14.2. The molecule has 166 valence electrons. The first-order valence-corrected chi connectivity index (χ1v) is 11.1. The average Bonchev–Trinajstić information content (AvgIpc) is 2.82. The standard InChI is InChI=1S/C25H32N2O4/c1-2-30-25(29)21-14-16-27(17-15-21)24(28)19-26-22-10-12-23(13-11-22)31-18-6-9-20-7-4-3-5-8-20/h3-5,7-8,10-13,21,26H,2,6,9,14-19H2,1H3. The lowest BCUT2D eigenvalue weighted by atomic mass is 9.97. The van der Waals surface area contributed by atoms with Crippen LogP contribution in [0.1, 0.15) is 31.7 Å². The molecule has 1 fully saturated rings. The van der Waals surface area contributed by atoms with E-state index >= 15 is 0 Å². The van der Waals surface area contributed by atoms with E-state index in [0.29, 0.717) is 39.1 Å². The molecule has 0 spiro atoms. The minimum atomic E-state index is -0.143. The molecule has 0 aromatic heterocycles. The second kappa shape index (κ2) is 12.0. The molecule has 0 atom stereocenters. The van der Waals surface area contributed by atoms with Gasteiger partial charge in [-0.05, 0) is 62.4 Å². The fraction of sp³-hybridized carbons (Fsp3) is 0.440. The van der Waals surface area contributed by atoms with Crippen LogP contribution in [0.5, 0.6) is 5.75 Å². The maximum absolute atomic E-state index is 12.5. The average molecular weight is 425 g/mol. The van der Waals surface area contributed by atoms with Crippen LogP contribution in [0.3, 0.4) is 0 Å². The van der Waals surface area contributed by atoms with Crippen molar-refractivity contribution in [3.63, 3.8) is 0 Å². The highest BCUT2D eigenvalue weighted by atomic mass is 16.5. The molecule has 3 rings (SSSR count). The van der Waals surface area contributed by atoms with Crippen LogP contribution in [0.25, 0.3) is 0 Å². The van der Waals surface area contributed by atoms with Gasteiger partial charge in [0, 0.05) is 18.8 Å². The fourth-order valence-corrected chi connectivity index (χ4v) is 3.69. The number of aryl methyl sites for hydroxylation is 1. The molecular formula is C25H32N2O4. The highest BCUT2D eigenvalue weighted by molar-refractivity contribution is 5.81. The lowest BCUT2D eigenvalue weighted by Crippen LogP contribution is -2.43. The molecule has 0 saturated carbocycles. The van der Waals surface area contributed by atoms with Gasteiger partial charge in [0.25, 0.3) is 0 Å². The third-order valence-electron chi connectivity index (χ3n) is 5.49. The van der Waals surface area contributed by atoms with Crippen LogP contribution in [-0.4, -0.2) is 49.6 Å². The lowest BCUT2D eigenvalue weighted by Gasteiger charge is -2.31. The minimum absolute atomic E-state index is 0.0450. The van der Waals surface area contributed by atoms with E-state index in [9.17, 15) is 9.59 Å². The van der Waals surface area contributed by atoms with Crippen molar-refractivity contribution in [1.82, 2.24) is 4.90 Å². The first-order chi connectivity index (χ1) is 15.2. The summed E-state index contributed by atoms with van der Waals surface area (Å²) in [5.74, 6) is 0.641. The maximum atomic E-state index is 12.5. The van der Waals surface area contributed by atoms with Gasteiger partial charge in [0.1, 0.15) is 5.75 Å². The van der Waals surface area contributed by atoms with Gasteiger partial charge in [-0.1, -0.05) is 30.3 Å². The molecule has 2 aromatic carbocycles. The molecule has 31 heavy (non-hydrogen) atoms. The van der Waals surface area contributed by atoms with Crippen molar-refractivity contribution in [1.29, 1.82) is 0 Å². The monoisotopic (exact) mass is 424 g/mol. The Morgan fingerprint density at radius 2 is 1.74 bits per heavy atom. The van der Waals surface area contributed by atoms with Crippen molar-refractivity contribution in [3.8, 4) is 5.75 Å². The summed E-state index contributed by atoms with van der Waals surface area (Å²) < 4.78 is 10.9. The Bertz CT molecular complexity index is 815. The molecule has 1 N–H and O–H groups in total. The van der Waals surface area contributed by atoms with Crippen LogP contribution in [0, 0.1) is 5.92 Å². The summed E-state index contributed by atoms with van der Waals surface area (Å²) in [5.41, 5.74) is 2.20. The molecule has 0 bridgehead atoms. The van der Waals surface area contributed by atoms with Gasteiger partial charge >= 0.3 is 5.97 Å². The van der Waals surface area contributed by atoms with Crippen molar-refractivity contribution >= 4 is 17.6 Å². The molecule has 6 heteroatoms. The number of hydrogen-bond acceptors (Lipinski definition) is 5. The van der Waals surface area contributed by atoms with Gasteiger partial charge < -0.3 is 19.7 Å². The third-order valence-corrected chi connectivity index (χ3v) is 5.49. The minimum Gasteiger partial charge on any atom is -0.494 e. The maximum Gasteiger partial charge on any atom is 0.309 e. The summed E-state index contributed by atoms with van der Waals surface area (Å²) in [6.07, 6.45) is 3.30. The molecule has 0 radical (unpaired) electrons. The Balaban J connectivity index is 1.33. The number of nitrogens with one attached hydrogen (secondary N) is 1. The number of hydrogen-bond donors (Lipinski definition) is 1. The van der Waals surface area contributed by atoms with E-state index in [1.807, 2.05) is 42.2 Å². The van der Waals surface area contributed by atoms with Gasteiger partial charge in [0.2, 0.25) is 5.91 Å². The highest BCUT2D eigenvalue weighted by Gasteiger charge is 2.27. The molecule has 2 aromatic rings. The number of anilines is 1. The molecule has 1 heterocycles. The van der Waals surface area contributed by atoms with Crippen LogP contribution < -0.4 is 10.1 Å². The topological polar surface area (TPSA) is 67.9 Å². The quantitative estimate of drug-likeness (QED) is 0.463. The summed E-state index contributed by atoms with van der Waals surface area (Å²) >= 11 is 0. The molecule has 0 aliphatic carbocycles. The number of carbonyl (C=O) groups is 2. The van der Waals surface area contributed by atoms with Gasteiger partial charge in [-0.25, -0.2) is 0 Å². The van der Waals surface area contributed by atoms with Gasteiger partial charge in [-0.2, -0.15) is 0 Å². The first-order valence-electron chi connectivity index (χ1n) is 11.1. The zero-order chi connectivity index (χ0) is 21.9. The zero-order valence-corrected chi connectivity index (χ0v) is 18.2. The van der Waals surface area contributed by atoms with Crippen LogP contribution in [0.2, 0.25) is 0 Å². The van der Waals surface area contributed by atoms with Gasteiger partial charge in [-0.15, -0.1) is 0 Å². The predicted octanol–water partition coefficient (Wildman–Crippen LogP) is 3.91. The number of amides is 1. The Labute approximate surface area is 184 Å². The van der Waals surface area contributed by atoms with Crippen molar-refractivity contribution < 1.29 is 19.1 Å². The van der Waals surface area contributed by atoms with Gasteiger partial charge in [0.15, 0.2) is 0 Å². The molecule has 1 aliphatic rings. The Kier molecular flexibility index (Phi) is 8.76. The molecular weight excluding hydrogens is 392 g/mol. The fourth-order valence-electron chi connectivity index (χ4n) is 3.69. The smallest absolute Gasteiger partial charge is 0.309 e. The number of piperidine rings is 1.